The van der Waals surface area contributed by atoms with Crippen LogP contribution < -0.4 is 15.2 Å². The summed E-state index contributed by atoms with van der Waals surface area (Å²) >= 11 is 3.69. The predicted molar refractivity (Wildman–Crippen MR) is 119 cm³/mol. The van der Waals surface area contributed by atoms with Gasteiger partial charge in [0, 0.05) is 18.9 Å². The first-order chi connectivity index (χ1) is 13.6. The van der Waals surface area contributed by atoms with Gasteiger partial charge in [0.05, 0.1) is 12.8 Å². The van der Waals surface area contributed by atoms with Gasteiger partial charge < -0.3 is 4.74 Å². The third-order valence-corrected chi connectivity index (χ3v) is 6.05. The maximum absolute atomic E-state index is 12.7. The van der Waals surface area contributed by atoms with Crippen molar-refractivity contribution in [1.29, 1.82) is 0 Å². The molecule has 4 rings (SSSR count). The molecule has 7 heteroatoms. The lowest BCUT2D eigenvalue weighted by molar-refractivity contribution is -0.117. The van der Waals surface area contributed by atoms with Gasteiger partial charge in [0.25, 0.3) is 11.8 Å². The fourth-order valence-electron chi connectivity index (χ4n) is 2.89. The normalized spacial score (nSPS) is 15.2. The van der Waals surface area contributed by atoms with Gasteiger partial charge in [-0.3, -0.25) is 15.0 Å². The number of hydrazine groups is 1. The molecule has 1 aliphatic rings. The smallest absolute Gasteiger partial charge is 0.282 e. The Morgan fingerprint density at radius 3 is 2.54 bits per heavy atom. The van der Waals surface area contributed by atoms with E-state index < -0.39 is 5.91 Å². The second-order valence-electron chi connectivity index (χ2n) is 6.02. The van der Waals surface area contributed by atoms with Gasteiger partial charge >= 0.3 is 0 Å². The maximum atomic E-state index is 12.7. The van der Waals surface area contributed by atoms with E-state index in [9.17, 15) is 9.59 Å². The second-order valence-corrected chi connectivity index (χ2v) is 8.38. The van der Waals surface area contributed by atoms with Crippen molar-refractivity contribution in [2.75, 3.05) is 12.1 Å². The van der Waals surface area contributed by atoms with E-state index in [1.807, 2.05) is 48.5 Å². The van der Waals surface area contributed by atoms with Crippen molar-refractivity contribution in [3.8, 4) is 16.2 Å². The lowest BCUT2D eigenvalue weighted by Gasteiger charge is -2.14. The quantitative estimate of drug-likeness (QED) is 0.325. The Balaban J connectivity index is 1.63. The van der Waals surface area contributed by atoms with E-state index >= 15 is 0 Å². The molecule has 0 aliphatic carbocycles. The summed E-state index contributed by atoms with van der Waals surface area (Å²) in [7, 11) is 1.63. The summed E-state index contributed by atoms with van der Waals surface area (Å²) in [5, 5.41) is 1.28. The first-order valence-electron chi connectivity index (χ1n) is 8.43. The van der Waals surface area contributed by atoms with Gasteiger partial charge in [-0.05, 0) is 77.2 Å². The molecule has 1 N–H and O–H groups in total. The molecule has 0 atom stereocenters. The monoisotopic (exact) mass is 502 g/mol. The number of carbonyl (C=O) groups excluding carboxylic acids is 2. The van der Waals surface area contributed by atoms with Gasteiger partial charge in [0.2, 0.25) is 0 Å². The largest absolute Gasteiger partial charge is 0.496 e. The van der Waals surface area contributed by atoms with Gasteiger partial charge in [-0.25, -0.2) is 5.01 Å². The molecule has 0 saturated carbocycles. The van der Waals surface area contributed by atoms with Crippen molar-refractivity contribution in [2.45, 2.75) is 0 Å². The Morgan fingerprint density at radius 2 is 1.79 bits per heavy atom. The molecule has 140 valence electrons. The number of carbonyl (C=O) groups is 2. The first kappa shape index (κ1) is 18.7. The van der Waals surface area contributed by atoms with Crippen molar-refractivity contribution >= 4 is 57.5 Å². The molecule has 0 radical (unpaired) electrons. The van der Waals surface area contributed by atoms with Crippen LogP contribution in [-0.2, 0) is 9.59 Å². The zero-order chi connectivity index (χ0) is 19.7. The molecule has 28 heavy (non-hydrogen) atoms. The number of nitrogens with one attached hydrogen (secondary N) is 1. The molecule has 3 aromatic rings. The molecule has 5 nitrogen and oxygen atoms in total. The van der Waals surface area contributed by atoms with Gasteiger partial charge in [-0.15, -0.1) is 11.3 Å². The second kappa shape index (κ2) is 7.76. The topological polar surface area (TPSA) is 58.6 Å². The molecular weight excluding hydrogens is 487 g/mol. The molecule has 1 saturated heterocycles. The molecule has 1 aliphatic heterocycles. The summed E-state index contributed by atoms with van der Waals surface area (Å²) in [4.78, 5) is 26.9. The standard InChI is InChI=1S/C21H15IN2O3S/c1-27-18-5-3-2-4-16(18)19-11-10-15(28-19)12-17-20(25)23-24(21(17)26)14-8-6-13(22)7-9-14/h2-12H,1H3,(H,23,25). The average molecular weight is 502 g/mol. The van der Waals surface area contributed by atoms with Crippen LogP contribution in [0.4, 0.5) is 5.69 Å². The number of hydrogen-bond donors (Lipinski definition) is 1. The van der Waals surface area contributed by atoms with Crippen molar-refractivity contribution < 1.29 is 14.3 Å². The minimum Gasteiger partial charge on any atom is -0.496 e. The lowest BCUT2D eigenvalue weighted by atomic mass is 10.1. The lowest BCUT2D eigenvalue weighted by Crippen LogP contribution is -2.35. The Kier molecular flexibility index (Phi) is 5.19. The van der Waals surface area contributed by atoms with Crippen molar-refractivity contribution in [3.05, 3.63) is 74.7 Å². The van der Waals surface area contributed by atoms with E-state index in [1.165, 1.54) is 16.3 Å². The van der Waals surface area contributed by atoms with E-state index in [0.29, 0.717) is 5.69 Å². The Labute approximate surface area is 179 Å². The van der Waals surface area contributed by atoms with Gasteiger partial charge in [0.15, 0.2) is 0 Å². The summed E-state index contributed by atoms with van der Waals surface area (Å²) in [5.74, 6) is 0.0114. The summed E-state index contributed by atoms with van der Waals surface area (Å²) in [5.41, 5.74) is 4.35. The van der Waals surface area contributed by atoms with Crippen LogP contribution in [-0.4, -0.2) is 18.9 Å². The van der Waals surface area contributed by atoms with Crippen LogP contribution in [0.25, 0.3) is 16.5 Å². The number of amides is 2. The molecule has 1 fully saturated rings. The summed E-state index contributed by atoms with van der Waals surface area (Å²) in [6.45, 7) is 0. The number of rotatable bonds is 4. The molecule has 0 unspecified atom stereocenters. The van der Waals surface area contributed by atoms with Crippen LogP contribution in [0.15, 0.2) is 66.2 Å². The number of ether oxygens (including phenoxy) is 1. The highest BCUT2D eigenvalue weighted by Crippen LogP contribution is 2.35. The zero-order valence-corrected chi connectivity index (χ0v) is 17.8. The highest BCUT2D eigenvalue weighted by molar-refractivity contribution is 14.1. The Morgan fingerprint density at radius 1 is 1.04 bits per heavy atom. The fraction of sp³-hybridized carbons (Fsp3) is 0.0476. The van der Waals surface area contributed by atoms with Crippen LogP contribution in [0.5, 0.6) is 5.75 Å². The van der Waals surface area contributed by atoms with E-state index in [4.69, 9.17) is 4.74 Å². The molecule has 2 amide bonds. The molecule has 0 bridgehead atoms. The minimum absolute atomic E-state index is 0.118. The summed E-state index contributed by atoms with van der Waals surface area (Å²) in [6.07, 6.45) is 1.63. The van der Waals surface area contributed by atoms with Gasteiger partial charge in [-0.1, -0.05) is 12.1 Å². The minimum atomic E-state index is -0.407. The third-order valence-electron chi connectivity index (χ3n) is 4.26. The number of hydrogen-bond acceptors (Lipinski definition) is 4. The van der Waals surface area contributed by atoms with Crippen LogP contribution >= 0.6 is 33.9 Å². The highest BCUT2D eigenvalue weighted by atomic mass is 127. The third kappa shape index (κ3) is 3.55. The van der Waals surface area contributed by atoms with Crippen LogP contribution in [0.3, 0.4) is 0 Å². The molecule has 2 heterocycles. The SMILES string of the molecule is COc1ccccc1-c1ccc(C=C2C(=O)NN(c3ccc(I)cc3)C2=O)s1. The first-order valence-corrected chi connectivity index (χ1v) is 10.3. The average Bonchev–Trinajstić information content (AvgIpc) is 3.29. The number of methoxy groups -OCH3 is 1. The zero-order valence-electron chi connectivity index (χ0n) is 14.8. The number of benzene rings is 2. The number of anilines is 1. The van der Waals surface area contributed by atoms with Crippen molar-refractivity contribution in [1.82, 2.24) is 5.43 Å². The maximum Gasteiger partial charge on any atom is 0.282 e. The van der Waals surface area contributed by atoms with Gasteiger partial charge in [-0.2, -0.15) is 0 Å². The van der Waals surface area contributed by atoms with Crippen molar-refractivity contribution in [2.24, 2.45) is 0 Å². The Bertz CT molecular complexity index is 1090. The highest BCUT2D eigenvalue weighted by Gasteiger charge is 2.34. The van der Waals surface area contributed by atoms with E-state index in [2.05, 4.69) is 28.0 Å². The van der Waals surface area contributed by atoms with Gasteiger partial charge in [0.1, 0.15) is 11.3 Å². The van der Waals surface area contributed by atoms with Crippen LogP contribution in [0, 0.1) is 3.57 Å². The van der Waals surface area contributed by atoms with Crippen molar-refractivity contribution in [3.63, 3.8) is 0 Å². The fourth-order valence-corrected chi connectivity index (χ4v) is 4.24. The molecular formula is C21H15IN2O3S. The Hall–Kier alpha value is -2.65. The molecule has 1 aromatic heterocycles. The van der Waals surface area contributed by atoms with Crippen LogP contribution in [0.2, 0.25) is 0 Å². The number of para-hydroxylation sites is 1. The van der Waals surface area contributed by atoms with E-state index in [0.717, 1.165) is 24.6 Å². The summed E-state index contributed by atoms with van der Waals surface area (Å²) in [6, 6.07) is 19.0. The number of nitrogens with zero attached hydrogens (tertiary/aromatic N) is 1. The summed E-state index contributed by atoms with van der Waals surface area (Å²) < 4.78 is 6.47. The van der Waals surface area contributed by atoms with E-state index in [-0.39, 0.29) is 11.5 Å². The number of thiophene rings is 1. The predicted octanol–water partition coefficient (Wildman–Crippen LogP) is 4.49. The molecule has 0 spiro atoms. The number of halogens is 1. The van der Waals surface area contributed by atoms with Crippen LogP contribution in [0.1, 0.15) is 4.88 Å². The van der Waals surface area contributed by atoms with E-state index in [1.54, 1.807) is 25.3 Å². The molecule has 2 aromatic carbocycles.